The number of esters is 1. The van der Waals surface area contributed by atoms with Crippen LogP contribution in [0.25, 0.3) is 11.1 Å². The van der Waals surface area contributed by atoms with Crippen molar-refractivity contribution in [1.82, 2.24) is 0 Å². The van der Waals surface area contributed by atoms with Crippen molar-refractivity contribution in [2.45, 2.75) is 58.5 Å². The number of carbonyl (C=O) groups is 1. The van der Waals surface area contributed by atoms with Crippen molar-refractivity contribution < 1.29 is 9.53 Å². The third kappa shape index (κ3) is 4.97. The van der Waals surface area contributed by atoms with Gasteiger partial charge in [-0.1, -0.05) is 62.7 Å². The molecule has 1 fully saturated rings. The Balaban J connectivity index is 1.51. The van der Waals surface area contributed by atoms with Gasteiger partial charge in [-0.15, -0.1) is 0 Å². The Morgan fingerprint density at radius 3 is 2.19 bits per heavy atom. The van der Waals surface area contributed by atoms with Gasteiger partial charge in [-0.05, 0) is 67.2 Å². The minimum atomic E-state index is -0.185. The average Bonchev–Trinajstić information content (AvgIpc) is 2.70. The van der Waals surface area contributed by atoms with Gasteiger partial charge < -0.3 is 4.74 Å². The molecule has 26 heavy (non-hydrogen) atoms. The molecule has 1 atom stereocenters. The molecule has 0 radical (unpaired) electrons. The molecule has 0 bridgehead atoms. The SMILES string of the molecule is CCC(C)CC1CCC(OC(=O)c2ccc(-c3ccccc3)cc2)CC1. The highest BCUT2D eigenvalue weighted by Gasteiger charge is 2.25. The second-order valence-electron chi connectivity index (χ2n) is 7.74. The maximum atomic E-state index is 12.4. The van der Waals surface area contributed by atoms with Crippen molar-refractivity contribution in [2.24, 2.45) is 11.8 Å². The summed E-state index contributed by atoms with van der Waals surface area (Å²) in [5, 5.41) is 0. The van der Waals surface area contributed by atoms with Gasteiger partial charge in [-0.25, -0.2) is 4.79 Å². The van der Waals surface area contributed by atoms with E-state index in [-0.39, 0.29) is 12.1 Å². The molecule has 1 aliphatic carbocycles. The summed E-state index contributed by atoms with van der Waals surface area (Å²) in [7, 11) is 0. The molecule has 2 heteroatoms. The topological polar surface area (TPSA) is 26.3 Å². The van der Waals surface area contributed by atoms with Crippen molar-refractivity contribution in [3.8, 4) is 11.1 Å². The standard InChI is InChI=1S/C24H30O2/c1-3-18(2)17-19-9-15-23(16-10-19)26-24(25)22-13-11-21(12-14-22)20-7-5-4-6-8-20/h4-8,11-14,18-19,23H,3,9-10,15-17H2,1-2H3. The minimum Gasteiger partial charge on any atom is -0.459 e. The van der Waals surface area contributed by atoms with Crippen LogP contribution in [0.1, 0.15) is 62.7 Å². The predicted molar refractivity (Wildman–Crippen MR) is 107 cm³/mol. The summed E-state index contributed by atoms with van der Waals surface area (Å²) in [6.07, 6.45) is 7.06. The Hall–Kier alpha value is -2.09. The van der Waals surface area contributed by atoms with Crippen LogP contribution in [0.4, 0.5) is 0 Å². The summed E-state index contributed by atoms with van der Waals surface area (Å²) in [4.78, 5) is 12.4. The lowest BCUT2D eigenvalue weighted by molar-refractivity contribution is 0.0154. The lowest BCUT2D eigenvalue weighted by Crippen LogP contribution is -2.25. The van der Waals surface area contributed by atoms with Gasteiger partial charge in [0.1, 0.15) is 6.10 Å². The normalized spacial score (nSPS) is 21.2. The maximum Gasteiger partial charge on any atom is 0.338 e. The number of carbonyl (C=O) groups excluding carboxylic acids is 1. The molecule has 0 N–H and O–H groups in total. The fourth-order valence-electron chi connectivity index (χ4n) is 3.87. The largest absolute Gasteiger partial charge is 0.459 e. The lowest BCUT2D eigenvalue weighted by atomic mass is 9.81. The Bertz CT molecular complexity index is 682. The van der Waals surface area contributed by atoms with E-state index >= 15 is 0 Å². The van der Waals surface area contributed by atoms with Gasteiger partial charge >= 0.3 is 5.97 Å². The number of rotatable bonds is 6. The Morgan fingerprint density at radius 2 is 1.58 bits per heavy atom. The first-order valence-corrected chi connectivity index (χ1v) is 10.0. The molecule has 1 saturated carbocycles. The zero-order chi connectivity index (χ0) is 18.4. The van der Waals surface area contributed by atoms with E-state index in [1.54, 1.807) is 0 Å². The van der Waals surface area contributed by atoms with Crippen LogP contribution in [0.5, 0.6) is 0 Å². The van der Waals surface area contributed by atoms with Gasteiger partial charge in [-0.2, -0.15) is 0 Å². The lowest BCUT2D eigenvalue weighted by Gasteiger charge is -2.29. The summed E-state index contributed by atoms with van der Waals surface area (Å²) in [5.41, 5.74) is 2.92. The molecule has 1 unspecified atom stereocenters. The third-order valence-electron chi connectivity index (χ3n) is 5.73. The second-order valence-corrected chi connectivity index (χ2v) is 7.74. The zero-order valence-corrected chi connectivity index (χ0v) is 16.0. The fraction of sp³-hybridized carbons (Fsp3) is 0.458. The molecule has 0 spiro atoms. The van der Waals surface area contributed by atoms with E-state index in [1.807, 2.05) is 42.5 Å². The third-order valence-corrected chi connectivity index (χ3v) is 5.73. The minimum absolute atomic E-state index is 0.0875. The molecular weight excluding hydrogens is 320 g/mol. The van der Waals surface area contributed by atoms with Crippen LogP contribution in [-0.4, -0.2) is 12.1 Å². The molecule has 0 heterocycles. The highest BCUT2D eigenvalue weighted by molar-refractivity contribution is 5.90. The molecule has 0 amide bonds. The van der Waals surface area contributed by atoms with Crippen LogP contribution in [0, 0.1) is 11.8 Å². The Labute approximate surface area is 157 Å². The van der Waals surface area contributed by atoms with Gasteiger partial charge in [0.25, 0.3) is 0 Å². The molecule has 0 aromatic heterocycles. The molecule has 2 aromatic carbocycles. The second kappa shape index (κ2) is 9.02. The van der Waals surface area contributed by atoms with Gasteiger partial charge in [0.15, 0.2) is 0 Å². The summed E-state index contributed by atoms with van der Waals surface area (Å²) >= 11 is 0. The average molecular weight is 351 g/mol. The molecule has 0 aliphatic heterocycles. The first-order valence-electron chi connectivity index (χ1n) is 10.0. The molecular formula is C24H30O2. The van der Waals surface area contributed by atoms with Crippen LogP contribution in [0.2, 0.25) is 0 Å². The molecule has 1 aliphatic rings. The number of hydrogen-bond acceptors (Lipinski definition) is 2. The number of hydrogen-bond donors (Lipinski definition) is 0. The van der Waals surface area contributed by atoms with Gasteiger partial charge in [-0.3, -0.25) is 0 Å². The first kappa shape index (κ1) is 18.7. The monoisotopic (exact) mass is 350 g/mol. The quantitative estimate of drug-likeness (QED) is 0.555. The smallest absolute Gasteiger partial charge is 0.338 e. The first-order chi connectivity index (χ1) is 12.7. The van der Waals surface area contributed by atoms with E-state index in [0.29, 0.717) is 5.56 Å². The van der Waals surface area contributed by atoms with Gasteiger partial charge in [0.05, 0.1) is 5.56 Å². The number of ether oxygens (including phenoxy) is 1. The molecule has 0 saturated heterocycles. The van der Waals surface area contributed by atoms with E-state index in [0.717, 1.165) is 35.8 Å². The summed E-state index contributed by atoms with van der Waals surface area (Å²) in [6.45, 7) is 4.60. The van der Waals surface area contributed by atoms with Crippen molar-refractivity contribution in [2.75, 3.05) is 0 Å². The van der Waals surface area contributed by atoms with Crippen LogP contribution < -0.4 is 0 Å². The Morgan fingerprint density at radius 1 is 0.962 bits per heavy atom. The summed E-state index contributed by atoms with van der Waals surface area (Å²) in [6, 6.07) is 17.9. The van der Waals surface area contributed by atoms with Crippen LogP contribution in [0.3, 0.4) is 0 Å². The summed E-state index contributed by atoms with van der Waals surface area (Å²) in [5.74, 6) is 1.43. The van der Waals surface area contributed by atoms with Gasteiger partial charge in [0.2, 0.25) is 0 Å². The molecule has 138 valence electrons. The van der Waals surface area contributed by atoms with Crippen molar-refractivity contribution in [1.29, 1.82) is 0 Å². The molecule has 2 aromatic rings. The van der Waals surface area contributed by atoms with E-state index in [9.17, 15) is 4.79 Å². The van der Waals surface area contributed by atoms with Crippen LogP contribution in [0.15, 0.2) is 54.6 Å². The summed E-state index contributed by atoms with van der Waals surface area (Å²) < 4.78 is 5.76. The Kier molecular flexibility index (Phi) is 6.49. The highest BCUT2D eigenvalue weighted by Crippen LogP contribution is 2.32. The van der Waals surface area contributed by atoms with E-state index in [4.69, 9.17) is 4.74 Å². The van der Waals surface area contributed by atoms with E-state index in [2.05, 4.69) is 26.0 Å². The van der Waals surface area contributed by atoms with Crippen molar-refractivity contribution in [3.05, 3.63) is 60.2 Å². The highest BCUT2D eigenvalue weighted by atomic mass is 16.5. The fourth-order valence-corrected chi connectivity index (χ4v) is 3.87. The van der Waals surface area contributed by atoms with Crippen molar-refractivity contribution in [3.63, 3.8) is 0 Å². The van der Waals surface area contributed by atoms with Gasteiger partial charge in [0, 0.05) is 0 Å². The number of benzene rings is 2. The maximum absolute atomic E-state index is 12.4. The molecule has 2 nitrogen and oxygen atoms in total. The van der Waals surface area contributed by atoms with E-state index in [1.165, 1.54) is 25.7 Å². The van der Waals surface area contributed by atoms with E-state index < -0.39 is 0 Å². The molecule has 3 rings (SSSR count). The van der Waals surface area contributed by atoms with Crippen LogP contribution in [-0.2, 0) is 4.74 Å². The van der Waals surface area contributed by atoms with Crippen molar-refractivity contribution >= 4 is 5.97 Å². The predicted octanol–water partition coefficient (Wildman–Crippen LogP) is 6.51. The van der Waals surface area contributed by atoms with Crippen LogP contribution >= 0.6 is 0 Å². The zero-order valence-electron chi connectivity index (χ0n) is 16.0.